The van der Waals surface area contributed by atoms with Gasteiger partial charge in [-0.25, -0.2) is 0 Å². The Balaban J connectivity index is 2.24. The zero-order valence-electron chi connectivity index (χ0n) is 10.5. The second kappa shape index (κ2) is 7.22. The number of nitrogens with one attached hydrogen (secondary N) is 1. The van der Waals surface area contributed by atoms with Crippen LogP contribution in [-0.4, -0.2) is 50.2 Å². The predicted octanol–water partition coefficient (Wildman–Crippen LogP) is 0.933. The van der Waals surface area contributed by atoms with E-state index in [9.17, 15) is 5.11 Å². The fourth-order valence-corrected chi connectivity index (χ4v) is 1.97. The number of ether oxygens (including phenoxy) is 2. The van der Waals surface area contributed by atoms with Crippen LogP contribution in [0, 0.1) is 0 Å². The van der Waals surface area contributed by atoms with Crippen LogP contribution in [0.5, 0.6) is 0 Å². The molecule has 16 heavy (non-hydrogen) atoms. The molecular weight excluding hydrogens is 206 g/mol. The van der Waals surface area contributed by atoms with E-state index in [1.165, 1.54) is 12.8 Å². The lowest BCUT2D eigenvalue weighted by molar-refractivity contribution is 0.0215. The summed E-state index contributed by atoms with van der Waals surface area (Å²) in [6, 6.07) is 0.342. The molecule has 0 radical (unpaired) electrons. The number of hydrogen-bond acceptors (Lipinski definition) is 4. The lowest BCUT2D eigenvalue weighted by atomic mass is 10.0. The summed E-state index contributed by atoms with van der Waals surface area (Å²) in [6.07, 6.45) is 4.21. The third-order valence-electron chi connectivity index (χ3n) is 3.08. The van der Waals surface area contributed by atoms with Crippen LogP contribution in [0.15, 0.2) is 0 Å². The highest BCUT2D eigenvalue weighted by Crippen LogP contribution is 2.17. The molecule has 1 fully saturated rings. The van der Waals surface area contributed by atoms with E-state index in [1.54, 1.807) is 7.11 Å². The van der Waals surface area contributed by atoms with E-state index >= 15 is 0 Å². The van der Waals surface area contributed by atoms with Gasteiger partial charge in [-0.05, 0) is 6.42 Å². The van der Waals surface area contributed by atoms with E-state index < -0.39 is 5.60 Å². The molecule has 2 unspecified atom stereocenters. The Labute approximate surface area is 98.3 Å². The SMILES string of the molecule is CCCCC(COC)NCC1(O)CCOC1. The minimum absolute atomic E-state index is 0.342. The van der Waals surface area contributed by atoms with Gasteiger partial charge in [0, 0.05) is 32.7 Å². The van der Waals surface area contributed by atoms with E-state index in [1.807, 2.05) is 0 Å². The van der Waals surface area contributed by atoms with Crippen LogP contribution in [0.1, 0.15) is 32.6 Å². The summed E-state index contributed by atoms with van der Waals surface area (Å²) in [6.45, 7) is 4.61. The lowest BCUT2D eigenvalue weighted by Crippen LogP contribution is -2.46. The fraction of sp³-hybridized carbons (Fsp3) is 1.00. The Bertz CT molecular complexity index is 181. The highest BCUT2D eigenvalue weighted by Gasteiger charge is 2.32. The molecule has 0 aromatic rings. The largest absolute Gasteiger partial charge is 0.386 e. The first-order valence-corrected chi connectivity index (χ1v) is 6.22. The van der Waals surface area contributed by atoms with Crippen LogP contribution in [0.25, 0.3) is 0 Å². The molecule has 0 aromatic carbocycles. The number of aliphatic hydroxyl groups is 1. The fourth-order valence-electron chi connectivity index (χ4n) is 1.97. The van der Waals surface area contributed by atoms with Crippen molar-refractivity contribution in [3.8, 4) is 0 Å². The van der Waals surface area contributed by atoms with Gasteiger partial charge < -0.3 is 19.9 Å². The highest BCUT2D eigenvalue weighted by atomic mass is 16.5. The Hall–Kier alpha value is -0.160. The number of hydrogen-bond donors (Lipinski definition) is 2. The van der Waals surface area contributed by atoms with E-state index in [-0.39, 0.29) is 0 Å². The topological polar surface area (TPSA) is 50.7 Å². The molecule has 4 heteroatoms. The summed E-state index contributed by atoms with van der Waals surface area (Å²) in [4.78, 5) is 0. The Morgan fingerprint density at radius 2 is 2.38 bits per heavy atom. The molecule has 2 atom stereocenters. The van der Waals surface area contributed by atoms with Gasteiger partial charge in [0.1, 0.15) is 5.60 Å². The molecule has 0 bridgehead atoms. The molecule has 96 valence electrons. The number of rotatable bonds is 8. The van der Waals surface area contributed by atoms with Gasteiger partial charge in [-0.2, -0.15) is 0 Å². The minimum atomic E-state index is -0.668. The highest BCUT2D eigenvalue weighted by molar-refractivity contribution is 4.86. The summed E-state index contributed by atoms with van der Waals surface area (Å²) in [7, 11) is 1.72. The molecule has 1 rings (SSSR count). The smallest absolute Gasteiger partial charge is 0.103 e. The van der Waals surface area contributed by atoms with Crippen molar-refractivity contribution in [1.82, 2.24) is 5.32 Å². The van der Waals surface area contributed by atoms with Gasteiger partial charge in [0.05, 0.1) is 13.2 Å². The molecule has 0 spiro atoms. The van der Waals surface area contributed by atoms with Gasteiger partial charge in [0.25, 0.3) is 0 Å². The second-order valence-corrected chi connectivity index (χ2v) is 4.70. The second-order valence-electron chi connectivity index (χ2n) is 4.70. The number of unbranched alkanes of at least 4 members (excludes halogenated alkanes) is 1. The Kier molecular flexibility index (Phi) is 6.28. The van der Waals surface area contributed by atoms with E-state index in [0.29, 0.717) is 32.4 Å². The molecule has 0 saturated carbocycles. The van der Waals surface area contributed by atoms with Crippen molar-refractivity contribution >= 4 is 0 Å². The van der Waals surface area contributed by atoms with E-state index in [2.05, 4.69) is 12.2 Å². The van der Waals surface area contributed by atoms with Crippen molar-refractivity contribution in [2.75, 3.05) is 33.5 Å². The molecule has 0 amide bonds. The van der Waals surface area contributed by atoms with Crippen LogP contribution < -0.4 is 5.32 Å². The number of methoxy groups -OCH3 is 1. The average Bonchev–Trinajstić information content (AvgIpc) is 2.70. The maximum absolute atomic E-state index is 10.1. The first-order valence-electron chi connectivity index (χ1n) is 6.22. The van der Waals surface area contributed by atoms with Crippen LogP contribution in [-0.2, 0) is 9.47 Å². The Morgan fingerprint density at radius 1 is 1.56 bits per heavy atom. The van der Waals surface area contributed by atoms with Gasteiger partial charge in [-0.1, -0.05) is 19.8 Å². The molecule has 1 aliphatic heterocycles. The molecule has 4 nitrogen and oxygen atoms in total. The minimum Gasteiger partial charge on any atom is -0.386 e. The van der Waals surface area contributed by atoms with Gasteiger partial charge >= 0.3 is 0 Å². The van der Waals surface area contributed by atoms with Crippen LogP contribution >= 0.6 is 0 Å². The molecule has 1 aliphatic rings. The summed E-state index contributed by atoms with van der Waals surface area (Å²) in [5.74, 6) is 0. The Morgan fingerprint density at radius 3 is 2.94 bits per heavy atom. The van der Waals surface area contributed by atoms with Crippen molar-refractivity contribution in [3.05, 3.63) is 0 Å². The van der Waals surface area contributed by atoms with Crippen LogP contribution in [0.2, 0.25) is 0 Å². The van der Waals surface area contributed by atoms with Crippen molar-refractivity contribution in [1.29, 1.82) is 0 Å². The maximum atomic E-state index is 10.1. The zero-order chi connectivity index (χ0) is 11.9. The normalized spacial score (nSPS) is 27.2. The molecule has 0 aromatic heterocycles. The van der Waals surface area contributed by atoms with Crippen molar-refractivity contribution in [2.45, 2.75) is 44.2 Å². The van der Waals surface area contributed by atoms with E-state index in [0.717, 1.165) is 12.8 Å². The zero-order valence-corrected chi connectivity index (χ0v) is 10.5. The average molecular weight is 231 g/mol. The molecular formula is C12H25NO3. The van der Waals surface area contributed by atoms with E-state index in [4.69, 9.17) is 9.47 Å². The van der Waals surface area contributed by atoms with Gasteiger partial charge in [0.15, 0.2) is 0 Å². The third-order valence-corrected chi connectivity index (χ3v) is 3.08. The quantitative estimate of drug-likeness (QED) is 0.652. The van der Waals surface area contributed by atoms with Crippen molar-refractivity contribution in [2.24, 2.45) is 0 Å². The first kappa shape index (κ1) is 13.9. The standard InChI is InChI=1S/C12H25NO3/c1-3-4-5-11(8-15-2)13-9-12(14)6-7-16-10-12/h11,13-14H,3-10H2,1-2H3. The van der Waals surface area contributed by atoms with Gasteiger partial charge in [-0.3, -0.25) is 0 Å². The van der Waals surface area contributed by atoms with Crippen LogP contribution in [0.3, 0.4) is 0 Å². The summed E-state index contributed by atoms with van der Waals surface area (Å²) < 4.78 is 10.4. The summed E-state index contributed by atoms with van der Waals surface area (Å²) in [5.41, 5.74) is -0.668. The van der Waals surface area contributed by atoms with Gasteiger partial charge in [-0.15, -0.1) is 0 Å². The molecule has 1 saturated heterocycles. The molecule has 0 aliphatic carbocycles. The summed E-state index contributed by atoms with van der Waals surface area (Å²) >= 11 is 0. The monoisotopic (exact) mass is 231 g/mol. The third kappa shape index (κ3) is 4.78. The maximum Gasteiger partial charge on any atom is 0.103 e. The van der Waals surface area contributed by atoms with Gasteiger partial charge in [0.2, 0.25) is 0 Å². The van der Waals surface area contributed by atoms with Crippen molar-refractivity contribution < 1.29 is 14.6 Å². The molecule has 1 heterocycles. The lowest BCUT2D eigenvalue weighted by Gasteiger charge is -2.25. The predicted molar refractivity (Wildman–Crippen MR) is 63.6 cm³/mol. The first-order chi connectivity index (χ1) is 7.70. The van der Waals surface area contributed by atoms with Crippen molar-refractivity contribution in [3.63, 3.8) is 0 Å². The van der Waals surface area contributed by atoms with Crippen LogP contribution in [0.4, 0.5) is 0 Å². The summed E-state index contributed by atoms with van der Waals surface area (Å²) in [5, 5.41) is 13.5. The molecule has 2 N–H and O–H groups in total.